The molecule has 0 spiro atoms. The van der Waals surface area contributed by atoms with Crippen molar-refractivity contribution in [2.75, 3.05) is 12.3 Å². The highest BCUT2D eigenvalue weighted by Gasteiger charge is 2.35. The summed E-state index contributed by atoms with van der Waals surface area (Å²) in [6.07, 6.45) is 2.38. The van der Waals surface area contributed by atoms with Crippen LogP contribution in [-0.2, 0) is 9.84 Å². The minimum Gasteiger partial charge on any atom is -0.494 e. The molecule has 5 heteroatoms. The smallest absolute Gasteiger partial charge is 0.183 e. The second-order valence-electron chi connectivity index (χ2n) is 6.07. The van der Waals surface area contributed by atoms with E-state index in [1.165, 1.54) is 0 Å². The zero-order chi connectivity index (χ0) is 15.6. The zero-order valence-corrected chi connectivity index (χ0v) is 13.8. The average Bonchev–Trinajstić information content (AvgIpc) is 2.44. The highest BCUT2D eigenvalue weighted by atomic mass is 32.2. The molecule has 118 valence electrons. The fourth-order valence-electron chi connectivity index (χ4n) is 2.98. The monoisotopic (exact) mass is 311 g/mol. The molecule has 0 saturated heterocycles. The van der Waals surface area contributed by atoms with E-state index < -0.39 is 9.84 Å². The molecule has 0 heterocycles. The van der Waals surface area contributed by atoms with Crippen molar-refractivity contribution in [3.63, 3.8) is 0 Å². The van der Waals surface area contributed by atoms with Gasteiger partial charge in [0.05, 0.1) is 22.4 Å². The summed E-state index contributed by atoms with van der Waals surface area (Å²) >= 11 is 0. The molecule has 3 unspecified atom stereocenters. The number of hydrogen-bond donors (Lipinski definition) is 1. The van der Waals surface area contributed by atoms with Gasteiger partial charge < -0.3 is 10.5 Å². The Morgan fingerprint density at radius 2 is 1.95 bits per heavy atom. The summed E-state index contributed by atoms with van der Waals surface area (Å²) in [6, 6.07) is 4.90. The summed E-state index contributed by atoms with van der Waals surface area (Å²) in [7, 11) is -3.39. The number of rotatable bonds is 4. The summed E-state index contributed by atoms with van der Waals surface area (Å²) in [5, 5.41) is -0.331. The van der Waals surface area contributed by atoms with Crippen LogP contribution in [0.2, 0.25) is 0 Å². The van der Waals surface area contributed by atoms with Crippen molar-refractivity contribution >= 4 is 15.5 Å². The SMILES string of the molecule is CCOc1ccc(N)c(S(=O)(=O)C2CCC(C)C(C)C2)c1. The maximum Gasteiger partial charge on any atom is 0.183 e. The van der Waals surface area contributed by atoms with Crippen LogP contribution in [0.1, 0.15) is 40.0 Å². The van der Waals surface area contributed by atoms with E-state index in [0.29, 0.717) is 42.7 Å². The highest BCUT2D eigenvalue weighted by molar-refractivity contribution is 7.92. The van der Waals surface area contributed by atoms with Crippen molar-refractivity contribution in [2.24, 2.45) is 11.8 Å². The highest BCUT2D eigenvalue weighted by Crippen LogP contribution is 2.37. The van der Waals surface area contributed by atoms with Gasteiger partial charge in [0.1, 0.15) is 5.75 Å². The van der Waals surface area contributed by atoms with Crippen LogP contribution in [0, 0.1) is 11.8 Å². The minimum atomic E-state index is -3.39. The Bertz CT molecular complexity index is 598. The average molecular weight is 311 g/mol. The van der Waals surface area contributed by atoms with Crippen LogP contribution in [0.3, 0.4) is 0 Å². The second kappa shape index (κ2) is 6.26. The first-order chi connectivity index (χ1) is 9.86. The Kier molecular flexibility index (Phi) is 4.81. The molecule has 2 N–H and O–H groups in total. The molecule has 0 aliphatic heterocycles. The van der Waals surface area contributed by atoms with Gasteiger partial charge >= 0.3 is 0 Å². The van der Waals surface area contributed by atoms with E-state index in [2.05, 4.69) is 13.8 Å². The number of benzene rings is 1. The third-order valence-electron chi connectivity index (χ3n) is 4.59. The van der Waals surface area contributed by atoms with Gasteiger partial charge in [0, 0.05) is 6.07 Å². The number of anilines is 1. The van der Waals surface area contributed by atoms with Crippen molar-refractivity contribution in [1.29, 1.82) is 0 Å². The third-order valence-corrected chi connectivity index (χ3v) is 6.86. The first-order valence-corrected chi connectivity index (χ1v) is 9.17. The largest absolute Gasteiger partial charge is 0.494 e. The van der Waals surface area contributed by atoms with Gasteiger partial charge in [-0.3, -0.25) is 0 Å². The van der Waals surface area contributed by atoms with Gasteiger partial charge in [-0.05, 0) is 50.2 Å². The lowest BCUT2D eigenvalue weighted by atomic mass is 9.81. The Hall–Kier alpha value is -1.23. The first-order valence-electron chi connectivity index (χ1n) is 7.62. The van der Waals surface area contributed by atoms with Crippen LogP contribution < -0.4 is 10.5 Å². The molecule has 0 amide bonds. The Labute approximate surface area is 127 Å². The van der Waals surface area contributed by atoms with E-state index in [-0.39, 0.29) is 10.1 Å². The van der Waals surface area contributed by atoms with Gasteiger partial charge in [0.25, 0.3) is 0 Å². The molecule has 0 radical (unpaired) electrons. The van der Waals surface area contributed by atoms with Crippen molar-refractivity contribution in [1.82, 2.24) is 0 Å². The zero-order valence-electron chi connectivity index (χ0n) is 13.0. The molecule has 1 aromatic carbocycles. The van der Waals surface area contributed by atoms with Gasteiger partial charge in [0.15, 0.2) is 9.84 Å². The number of sulfone groups is 1. The molecule has 1 aliphatic rings. The predicted molar refractivity (Wildman–Crippen MR) is 85.2 cm³/mol. The maximum absolute atomic E-state index is 12.9. The van der Waals surface area contributed by atoms with E-state index in [1.54, 1.807) is 18.2 Å². The summed E-state index contributed by atoms with van der Waals surface area (Å²) in [4.78, 5) is 0.222. The predicted octanol–water partition coefficient (Wildman–Crippen LogP) is 3.27. The van der Waals surface area contributed by atoms with E-state index in [0.717, 1.165) is 6.42 Å². The van der Waals surface area contributed by atoms with E-state index in [4.69, 9.17) is 10.5 Å². The van der Waals surface area contributed by atoms with Gasteiger partial charge in [-0.2, -0.15) is 0 Å². The first kappa shape index (κ1) is 16.1. The summed E-state index contributed by atoms with van der Waals surface area (Å²) in [5.74, 6) is 1.57. The molecular weight excluding hydrogens is 286 g/mol. The van der Waals surface area contributed by atoms with E-state index >= 15 is 0 Å². The molecule has 1 aromatic rings. The van der Waals surface area contributed by atoms with Crippen molar-refractivity contribution in [2.45, 2.75) is 50.2 Å². The van der Waals surface area contributed by atoms with Crippen LogP contribution >= 0.6 is 0 Å². The van der Waals surface area contributed by atoms with Crippen LogP contribution in [0.15, 0.2) is 23.1 Å². The normalized spacial score (nSPS) is 26.5. The molecule has 1 fully saturated rings. The maximum atomic E-state index is 12.9. The van der Waals surface area contributed by atoms with Crippen LogP contribution in [0.25, 0.3) is 0 Å². The number of ether oxygens (including phenoxy) is 1. The van der Waals surface area contributed by atoms with Gasteiger partial charge in [-0.15, -0.1) is 0 Å². The number of nitrogen functional groups attached to an aromatic ring is 1. The molecule has 4 nitrogen and oxygen atoms in total. The summed E-state index contributed by atoms with van der Waals surface area (Å²) in [6.45, 7) is 6.69. The molecule has 21 heavy (non-hydrogen) atoms. The summed E-state index contributed by atoms with van der Waals surface area (Å²) < 4.78 is 31.2. The molecule has 2 rings (SSSR count). The molecule has 1 saturated carbocycles. The van der Waals surface area contributed by atoms with E-state index in [1.807, 2.05) is 6.92 Å². The van der Waals surface area contributed by atoms with Crippen LogP contribution in [0.4, 0.5) is 5.69 Å². The molecule has 3 atom stereocenters. The van der Waals surface area contributed by atoms with Crippen molar-refractivity contribution < 1.29 is 13.2 Å². The molecular formula is C16H25NO3S. The Morgan fingerprint density at radius 1 is 1.24 bits per heavy atom. The van der Waals surface area contributed by atoms with E-state index in [9.17, 15) is 8.42 Å². The molecule has 1 aliphatic carbocycles. The third kappa shape index (κ3) is 3.34. The standard InChI is InChI=1S/C16H25NO3S/c1-4-20-13-6-8-15(17)16(10-13)21(18,19)14-7-5-11(2)12(3)9-14/h6,8,10-12,14H,4-5,7,9,17H2,1-3H3. The van der Waals surface area contributed by atoms with Crippen molar-refractivity contribution in [3.8, 4) is 5.75 Å². The molecule has 0 aromatic heterocycles. The Balaban J connectivity index is 2.33. The van der Waals surface area contributed by atoms with Gasteiger partial charge in [-0.1, -0.05) is 13.8 Å². The minimum absolute atomic E-state index is 0.222. The Morgan fingerprint density at radius 3 is 2.57 bits per heavy atom. The summed E-state index contributed by atoms with van der Waals surface area (Å²) in [5.41, 5.74) is 6.22. The van der Waals surface area contributed by atoms with Crippen LogP contribution in [0.5, 0.6) is 5.75 Å². The fraction of sp³-hybridized carbons (Fsp3) is 0.625. The fourth-order valence-corrected chi connectivity index (χ4v) is 5.02. The van der Waals surface area contributed by atoms with Gasteiger partial charge in [-0.25, -0.2) is 8.42 Å². The van der Waals surface area contributed by atoms with Crippen molar-refractivity contribution in [3.05, 3.63) is 18.2 Å². The lowest BCUT2D eigenvalue weighted by Gasteiger charge is -2.32. The van der Waals surface area contributed by atoms with Gasteiger partial charge in [0.2, 0.25) is 0 Å². The number of hydrogen-bond acceptors (Lipinski definition) is 4. The lowest BCUT2D eigenvalue weighted by molar-refractivity contribution is 0.278. The molecule has 0 bridgehead atoms. The quantitative estimate of drug-likeness (QED) is 0.866. The number of nitrogens with two attached hydrogens (primary N) is 1. The lowest BCUT2D eigenvalue weighted by Crippen LogP contribution is -2.31. The second-order valence-corrected chi connectivity index (χ2v) is 8.26. The van der Waals surface area contributed by atoms with Crippen LogP contribution in [-0.4, -0.2) is 20.3 Å². The topological polar surface area (TPSA) is 69.4 Å².